The first-order chi connectivity index (χ1) is 15.8. The third kappa shape index (κ3) is 5.73. The molecule has 0 radical (unpaired) electrons. The second kappa shape index (κ2) is 10.5. The van der Waals surface area contributed by atoms with Crippen molar-refractivity contribution in [3.8, 4) is 11.1 Å². The SMILES string of the molecule is C=Cc1ccc(-c2cccc(F)c2)cn1.CC.C[C@@]12CCC[C@@](C)(CO)C1CCC1(CO1)C2. The number of fused-ring (bicyclic) bond motifs is 1. The first-order valence-corrected chi connectivity index (χ1v) is 12.4. The van der Waals surface area contributed by atoms with Crippen LogP contribution in [0, 0.1) is 22.6 Å². The highest BCUT2D eigenvalue weighted by molar-refractivity contribution is 5.63. The van der Waals surface area contributed by atoms with Crippen molar-refractivity contribution in [1.29, 1.82) is 0 Å². The van der Waals surface area contributed by atoms with E-state index in [0.29, 0.717) is 17.9 Å². The number of ether oxygens (including phenoxy) is 1. The Morgan fingerprint density at radius 3 is 2.48 bits per heavy atom. The molecule has 0 amide bonds. The van der Waals surface area contributed by atoms with Gasteiger partial charge >= 0.3 is 0 Å². The van der Waals surface area contributed by atoms with E-state index in [1.165, 1.54) is 50.7 Å². The van der Waals surface area contributed by atoms with Gasteiger partial charge in [-0.3, -0.25) is 4.98 Å². The van der Waals surface area contributed by atoms with Crippen LogP contribution in [0.15, 0.2) is 49.2 Å². The maximum atomic E-state index is 13.0. The highest BCUT2D eigenvalue weighted by Gasteiger charge is 2.59. The number of pyridine rings is 1. The third-order valence-corrected chi connectivity index (χ3v) is 7.86. The molecule has 1 spiro atoms. The van der Waals surface area contributed by atoms with E-state index in [1.54, 1.807) is 18.3 Å². The first-order valence-electron chi connectivity index (χ1n) is 12.4. The van der Waals surface area contributed by atoms with Gasteiger partial charge in [-0.2, -0.15) is 0 Å². The van der Waals surface area contributed by atoms with Gasteiger partial charge in [0.2, 0.25) is 0 Å². The molecule has 1 saturated heterocycles. The molecular formula is C29H40FNO2. The predicted molar refractivity (Wildman–Crippen MR) is 134 cm³/mol. The van der Waals surface area contributed by atoms with Crippen molar-refractivity contribution < 1.29 is 14.2 Å². The van der Waals surface area contributed by atoms with Crippen LogP contribution in [0.2, 0.25) is 0 Å². The van der Waals surface area contributed by atoms with Crippen LogP contribution in [0.4, 0.5) is 4.39 Å². The maximum Gasteiger partial charge on any atom is 0.123 e. The second-order valence-electron chi connectivity index (χ2n) is 10.2. The van der Waals surface area contributed by atoms with Gasteiger partial charge < -0.3 is 9.84 Å². The minimum atomic E-state index is -0.236. The fourth-order valence-electron chi connectivity index (χ4n) is 6.13. The number of benzene rings is 1. The monoisotopic (exact) mass is 453 g/mol. The standard InChI is InChI=1S/C14H24O2.C13H10FN.C2H6/c1-12-5-3-6-13(2,9-15)11(12)4-7-14(8-12)10-16-14;1-2-13-7-6-11(9-15-13)10-4-3-5-12(14)8-10;1-2/h11,15H,3-10H2,1-2H3;2-9H,1H2;1-2H3/t11?,12-,13-,14?;;/m0../s1. The normalized spacial score (nSPS) is 31.9. The number of rotatable bonds is 3. The molecule has 3 nitrogen and oxygen atoms in total. The topological polar surface area (TPSA) is 45.7 Å². The van der Waals surface area contributed by atoms with E-state index in [-0.39, 0.29) is 16.8 Å². The predicted octanol–water partition coefficient (Wildman–Crippen LogP) is 7.30. The van der Waals surface area contributed by atoms with Gasteiger partial charge in [0.05, 0.1) is 17.9 Å². The van der Waals surface area contributed by atoms with E-state index in [4.69, 9.17) is 4.74 Å². The fraction of sp³-hybridized carbons (Fsp3) is 0.552. The number of halogens is 1. The minimum absolute atomic E-state index is 0.170. The summed E-state index contributed by atoms with van der Waals surface area (Å²) in [6.07, 6.45) is 10.9. The van der Waals surface area contributed by atoms with Gasteiger partial charge in [-0.25, -0.2) is 4.39 Å². The molecule has 0 bridgehead atoms. The third-order valence-electron chi connectivity index (χ3n) is 7.86. The zero-order chi connectivity index (χ0) is 24.1. The Morgan fingerprint density at radius 1 is 1.15 bits per heavy atom. The van der Waals surface area contributed by atoms with Crippen LogP contribution >= 0.6 is 0 Å². The lowest BCUT2D eigenvalue weighted by Crippen LogP contribution is -2.50. The zero-order valence-electron chi connectivity index (χ0n) is 20.7. The minimum Gasteiger partial charge on any atom is -0.396 e. The molecule has 2 heterocycles. The summed E-state index contributed by atoms with van der Waals surface area (Å²) in [4.78, 5) is 4.16. The van der Waals surface area contributed by atoms with E-state index >= 15 is 0 Å². The quantitative estimate of drug-likeness (QED) is 0.496. The van der Waals surface area contributed by atoms with E-state index in [1.807, 2.05) is 32.0 Å². The van der Waals surface area contributed by atoms with Crippen LogP contribution in [0.1, 0.15) is 71.9 Å². The Hall–Kier alpha value is -2.04. The smallest absolute Gasteiger partial charge is 0.123 e. The summed E-state index contributed by atoms with van der Waals surface area (Å²) < 4.78 is 18.7. The number of epoxide rings is 1. The average Bonchev–Trinajstić information content (AvgIpc) is 3.58. The first kappa shape index (κ1) is 25.6. The Labute approximate surface area is 199 Å². The molecule has 1 aliphatic heterocycles. The summed E-state index contributed by atoms with van der Waals surface area (Å²) in [5.41, 5.74) is 3.40. The summed E-state index contributed by atoms with van der Waals surface area (Å²) in [6, 6.07) is 10.2. The number of hydrogen-bond donors (Lipinski definition) is 1. The highest BCUT2D eigenvalue weighted by atomic mass is 19.1. The summed E-state index contributed by atoms with van der Waals surface area (Å²) in [6.45, 7) is 13.7. The van der Waals surface area contributed by atoms with Crippen LogP contribution in [0.5, 0.6) is 0 Å². The molecule has 5 rings (SSSR count). The van der Waals surface area contributed by atoms with Crippen molar-refractivity contribution in [2.45, 2.75) is 71.8 Å². The molecule has 4 heteroatoms. The number of aromatic nitrogens is 1. The molecule has 4 atom stereocenters. The molecular weight excluding hydrogens is 413 g/mol. The molecule has 33 heavy (non-hydrogen) atoms. The van der Waals surface area contributed by atoms with Gasteiger partial charge in [-0.15, -0.1) is 0 Å². The van der Waals surface area contributed by atoms with Gasteiger partial charge in [0.1, 0.15) is 5.82 Å². The lowest BCUT2D eigenvalue weighted by atomic mass is 9.50. The summed E-state index contributed by atoms with van der Waals surface area (Å²) >= 11 is 0. The molecule has 180 valence electrons. The molecule has 2 saturated carbocycles. The second-order valence-corrected chi connectivity index (χ2v) is 10.2. The molecule has 2 aromatic rings. The van der Waals surface area contributed by atoms with Crippen LogP contribution in [-0.2, 0) is 4.74 Å². The van der Waals surface area contributed by atoms with Crippen LogP contribution in [-0.4, -0.2) is 28.9 Å². The van der Waals surface area contributed by atoms with Crippen molar-refractivity contribution >= 4 is 6.08 Å². The molecule has 3 aliphatic rings. The zero-order valence-corrected chi connectivity index (χ0v) is 20.7. The van der Waals surface area contributed by atoms with Crippen LogP contribution in [0.3, 0.4) is 0 Å². The van der Waals surface area contributed by atoms with E-state index < -0.39 is 0 Å². The Morgan fingerprint density at radius 2 is 1.91 bits per heavy atom. The molecule has 1 aromatic carbocycles. The molecule has 1 N–H and O–H groups in total. The molecule has 1 aromatic heterocycles. The molecule has 2 aliphatic carbocycles. The molecule has 2 unspecified atom stereocenters. The van der Waals surface area contributed by atoms with Crippen LogP contribution < -0.4 is 0 Å². The summed E-state index contributed by atoms with van der Waals surface area (Å²) in [7, 11) is 0. The number of aliphatic hydroxyl groups excluding tert-OH is 1. The highest BCUT2D eigenvalue weighted by Crippen LogP contribution is 2.62. The Balaban J connectivity index is 0.000000173. The van der Waals surface area contributed by atoms with E-state index in [2.05, 4.69) is 25.4 Å². The summed E-state index contributed by atoms with van der Waals surface area (Å²) in [5, 5.41) is 9.72. The van der Waals surface area contributed by atoms with Gasteiger partial charge in [0.15, 0.2) is 0 Å². The summed E-state index contributed by atoms with van der Waals surface area (Å²) in [5.74, 6) is 0.467. The Kier molecular flexibility index (Phi) is 8.13. The van der Waals surface area contributed by atoms with Crippen molar-refractivity contribution in [1.82, 2.24) is 4.98 Å². The van der Waals surface area contributed by atoms with E-state index in [0.717, 1.165) is 23.4 Å². The van der Waals surface area contributed by atoms with Gasteiger partial charge in [-0.1, -0.05) is 58.9 Å². The fourth-order valence-corrected chi connectivity index (χ4v) is 6.13. The van der Waals surface area contributed by atoms with Crippen LogP contribution in [0.25, 0.3) is 17.2 Å². The maximum absolute atomic E-state index is 13.0. The van der Waals surface area contributed by atoms with Crippen molar-refractivity contribution in [3.05, 3.63) is 60.7 Å². The number of aliphatic hydroxyl groups is 1. The van der Waals surface area contributed by atoms with Gasteiger partial charge in [0.25, 0.3) is 0 Å². The number of hydrogen-bond acceptors (Lipinski definition) is 3. The van der Waals surface area contributed by atoms with Gasteiger partial charge in [0, 0.05) is 18.4 Å². The molecule has 3 fully saturated rings. The van der Waals surface area contributed by atoms with Gasteiger partial charge in [-0.05, 0) is 78.7 Å². The largest absolute Gasteiger partial charge is 0.396 e. The lowest BCUT2D eigenvalue weighted by molar-refractivity contribution is -0.0870. The van der Waals surface area contributed by atoms with Crippen molar-refractivity contribution in [2.24, 2.45) is 16.7 Å². The number of nitrogens with zero attached hydrogens (tertiary/aromatic N) is 1. The average molecular weight is 454 g/mol. The van der Waals surface area contributed by atoms with Crippen molar-refractivity contribution in [2.75, 3.05) is 13.2 Å². The van der Waals surface area contributed by atoms with E-state index in [9.17, 15) is 9.50 Å². The van der Waals surface area contributed by atoms with Crippen molar-refractivity contribution in [3.63, 3.8) is 0 Å². The lowest BCUT2D eigenvalue weighted by Gasteiger charge is -2.55. The Bertz CT molecular complexity index is 923.